The zero-order valence-corrected chi connectivity index (χ0v) is 10.1. The summed E-state index contributed by atoms with van der Waals surface area (Å²) in [5, 5.41) is -5.65. The van der Waals surface area contributed by atoms with Crippen LogP contribution in [-0.4, -0.2) is 36.7 Å². The van der Waals surface area contributed by atoms with E-state index in [4.69, 9.17) is 0 Å². The van der Waals surface area contributed by atoms with Gasteiger partial charge in [-0.15, -0.1) is 0 Å². The summed E-state index contributed by atoms with van der Waals surface area (Å²) in [6, 6.07) is 0. The van der Waals surface area contributed by atoms with Gasteiger partial charge in [-0.2, -0.15) is 17.6 Å². The Kier molecular flexibility index (Phi) is 5.54. The van der Waals surface area contributed by atoms with Crippen molar-refractivity contribution in [2.75, 3.05) is 6.61 Å². The van der Waals surface area contributed by atoms with Gasteiger partial charge in [-0.25, -0.2) is 8.42 Å². The molecule has 18 heavy (non-hydrogen) atoms. The van der Waals surface area contributed by atoms with Crippen molar-refractivity contribution in [3.05, 3.63) is 0 Å². The molecule has 0 aromatic carbocycles. The summed E-state index contributed by atoms with van der Waals surface area (Å²) in [7, 11) is -6.43. The highest BCUT2D eigenvalue weighted by molar-refractivity contribution is 7.86. The molecule has 0 heterocycles. The molecule has 0 amide bonds. The molecule has 0 radical (unpaired) electrons. The highest BCUT2D eigenvalue weighted by Crippen LogP contribution is 2.41. The van der Waals surface area contributed by atoms with Gasteiger partial charge in [0.1, 0.15) is 0 Å². The Hall–Kier alpha value is -0.900. The second kappa shape index (κ2) is 5.83. The van der Waals surface area contributed by atoms with Crippen molar-refractivity contribution in [1.29, 1.82) is 0 Å². The summed E-state index contributed by atoms with van der Waals surface area (Å²) < 4.78 is 85.3. The van der Waals surface area contributed by atoms with E-state index in [0.29, 0.717) is 0 Å². The molecule has 0 atom stereocenters. The molecule has 0 rings (SSSR count). The fourth-order valence-corrected chi connectivity index (χ4v) is 1.46. The van der Waals surface area contributed by atoms with Gasteiger partial charge in [0.25, 0.3) is 0 Å². The fourth-order valence-electron chi connectivity index (χ4n) is 0.993. The van der Waals surface area contributed by atoms with E-state index in [1.54, 1.807) is 0 Å². The molecule has 0 saturated carbocycles. The van der Waals surface area contributed by atoms with Gasteiger partial charge in [-0.1, -0.05) is 0 Å². The number of alkyl halides is 4. The first-order chi connectivity index (χ1) is 7.92. The minimum absolute atomic E-state index is 0.149. The molecule has 0 unspecified atom stereocenters. The largest absolute Gasteiger partial charge is 0.743 e. The standard InChI is InChI=1S/C8H12F4O5S/c1-6(13)17-5-3-2-4-7(9,10)8(11,12)18(14,15)16/h2-5H2,1H3,(H,14,15,16)/p-1. The average molecular weight is 295 g/mol. The van der Waals surface area contributed by atoms with Gasteiger partial charge in [0.05, 0.1) is 6.61 Å². The molecule has 10 heteroatoms. The van der Waals surface area contributed by atoms with Crippen LogP contribution in [-0.2, 0) is 19.6 Å². The minimum Gasteiger partial charge on any atom is -0.743 e. The van der Waals surface area contributed by atoms with Gasteiger partial charge in [-0.05, 0) is 12.8 Å². The van der Waals surface area contributed by atoms with Crippen LogP contribution in [0.25, 0.3) is 0 Å². The van der Waals surface area contributed by atoms with Crippen LogP contribution in [0, 0.1) is 0 Å². The van der Waals surface area contributed by atoms with Crippen LogP contribution in [0.5, 0.6) is 0 Å². The molecule has 0 aromatic heterocycles. The van der Waals surface area contributed by atoms with E-state index in [2.05, 4.69) is 4.74 Å². The van der Waals surface area contributed by atoms with E-state index < -0.39 is 40.1 Å². The highest BCUT2D eigenvalue weighted by Gasteiger charge is 2.60. The highest BCUT2D eigenvalue weighted by atomic mass is 32.2. The number of carbonyl (C=O) groups is 1. The Morgan fingerprint density at radius 1 is 1.22 bits per heavy atom. The Labute approximate surface area is 101 Å². The monoisotopic (exact) mass is 295 g/mol. The molecule has 0 aromatic rings. The summed E-state index contributed by atoms with van der Waals surface area (Å²) in [5.74, 6) is -5.61. The molecule has 0 aliphatic heterocycles. The summed E-state index contributed by atoms with van der Waals surface area (Å²) in [4.78, 5) is 10.3. The third-order valence-corrected chi connectivity index (χ3v) is 2.86. The van der Waals surface area contributed by atoms with Gasteiger partial charge in [0, 0.05) is 13.3 Å². The Morgan fingerprint density at radius 3 is 2.11 bits per heavy atom. The zero-order valence-electron chi connectivity index (χ0n) is 9.29. The Balaban J connectivity index is 4.36. The normalized spacial score (nSPS) is 13.4. The van der Waals surface area contributed by atoms with Gasteiger partial charge in [0.2, 0.25) is 0 Å². The lowest BCUT2D eigenvalue weighted by molar-refractivity contribution is -0.165. The number of ether oxygens (including phenoxy) is 1. The maximum absolute atomic E-state index is 12.8. The summed E-state index contributed by atoms with van der Waals surface area (Å²) >= 11 is 0. The third kappa shape index (κ3) is 4.41. The average Bonchev–Trinajstić information content (AvgIpc) is 2.14. The van der Waals surface area contributed by atoms with Gasteiger partial charge >= 0.3 is 17.1 Å². The molecule has 0 aliphatic carbocycles. The maximum atomic E-state index is 12.8. The topological polar surface area (TPSA) is 83.5 Å². The molecule has 0 aliphatic rings. The SMILES string of the molecule is CC(=O)OCCCCC(F)(F)C(F)(F)S(=O)(=O)[O-]. The predicted molar refractivity (Wildman–Crippen MR) is 50.1 cm³/mol. The number of esters is 1. The first-order valence-electron chi connectivity index (χ1n) is 4.76. The lowest BCUT2D eigenvalue weighted by Gasteiger charge is -2.28. The first kappa shape index (κ1) is 17.1. The van der Waals surface area contributed by atoms with Crippen molar-refractivity contribution in [2.24, 2.45) is 0 Å². The number of rotatable bonds is 7. The van der Waals surface area contributed by atoms with Crippen molar-refractivity contribution < 1.29 is 40.1 Å². The molecular formula is C8H11F4O5S-. The van der Waals surface area contributed by atoms with Crippen LogP contribution < -0.4 is 0 Å². The summed E-state index contributed by atoms with van der Waals surface area (Å²) in [5.41, 5.74) is 0. The van der Waals surface area contributed by atoms with Crippen LogP contribution in [0.1, 0.15) is 26.2 Å². The second-order valence-corrected chi connectivity index (χ2v) is 4.89. The van der Waals surface area contributed by atoms with Crippen molar-refractivity contribution in [3.63, 3.8) is 0 Å². The molecule has 0 bridgehead atoms. The van der Waals surface area contributed by atoms with Crippen LogP contribution in [0.4, 0.5) is 17.6 Å². The smallest absolute Gasteiger partial charge is 0.396 e. The fraction of sp³-hybridized carbons (Fsp3) is 0.875. The van der Waals surface area contributed by atoms with E-state index >= 15 is 0 Å². The quantitative estimate of drug-likeness (QED) is 0.307. The summed E-state index contributed by atoms with van der Waals surface area (Å²) in [6.07, 6.45) is -2.17. The van der Waals surface area contributed by atoms with E-state index in [1.807, 2.05) is 0 Å². The van der Waals surface area contributed by atoms with Gasteiger partial charge in [-0.3, -0.25) is 4.79 Å². The molecule has 0 spiro atoms. The second-order valence-electron chi connectivity index (χ2n) is 3.47. The number of hydrogen-bond donors (Lipinski definition) is 0. The van der Waals surface area contributed by atoms with E-state index in [-0.39, 0.29) is 13.0 Å². The first-order valence-corrected chi connectivity index (χ1v) is 6.17. The van der Waals surface area contributed by atoms with Crippen molar-refractivity contribution >= 4 is 16.1 Å². The molecule has 0 saturated heterocycles. The van der Waals surface area contributed by atoms with E-state index in [9.17, 15) is 35.3 Å². The lowest BCUT2D eigenvalue weighted by atomic mass is 10.1. The molecular weight excluding hydrogens is 284 g/mol. The van der Waals surface area contributed by atoms with Gasteiger partial charge in [0.15, 0.2) is 10.1 Å². The Morgan fingerprint density at radius 2 is 1.72 bits per heavy atom. The number of carbonyl (C=O) groups excluding carboxylic acids is 1. The number of halogens is 4. The van der Waals surface area contributed by atoms with Crippen molar-refractivity contribution in [1.82, 2.24) is 0 Å². The number of unbranched alkanes of at least 4 members (excludes halogenated alkanes) is 1. The number of hydrogen-bond acceptors (Lipinski definition) is 5. The van der Waals surface area contributed by atoms with Crippen LogP contribution >= 0.6 is 0 Å². The predicted octanol–water partition coefficient (Wildman–Crippen LogP) is 1.49. The van der Waals surface area contributed by atoms with Crippen LogP contribution in [0.15, 0.2) is 0 Å². The van der Waals surface area contributed by atoms with Crippen LogP contribution in [0.3, 0.4) is 0 Å². The minimum atomic E-state index is -6.43. The van der Waals surface area contributed by atoms with Gasteiger partial charge < -0.3 is 9.29 Å². The van der Waals surface area contributed by atoms with E-state index in [0.717, 1.165) is 6.92 Å². The Bertz CT molecular complexity index is 392. The van der Waals surface area contributed by atoms with Crippen molar-refractivity contribution in [3.8, 4) is 0 Å². The van der Waals surface area contributed by atoms with E-state index in [1.165, 1.54) is 0 Å². The molecule has 5 nitrogen and oxygen atoms in total. The van der Waals surface area contributed by atoms with Crippen molar-refractivity contribution in [2.45, 2.75) is 37.4 Å². The molecule has 0 N–H and O–H groups in total. The zero-order chi connectivity index (χ0) is 14.6. The molecule has 0 fully saturated rings. The molecule has 108 valence electrons. The third-order valence-electron chi connectivity index (χ3n) is 1.93. The summed E-state index contributed by atoms with van der Waals surface area (Å²) in [6.45, 7) is 0.827. The maximum Gasteiger partial charge on any atom is 0.396 e. The lowest BCUT2D eigenvalue weighted by Crippen LogP contribution is -2.46. The van der Waals surface area contributed by atoms with Crippen LogP contribution in [0.2, 0.25) is 0 Å².